The van der Waals surface area contributed by atoms with Crippen LogP contribution >= 0.6 is 0 Å². The van der Waals surface area contributed by atoms with E-state index in [0.717, 1.165) is 22.6 Å². The van der Waals surface area contributed by atoms with Gasteiger partial charge in [0.1, 0.15) is 0 Å². The normalized spacial score (nSPS) is 9.23. The van der Waals surface area contributed by atoms with Crippen molar-refractivity contribution < 1.29 is 4.79 Å². The third-order valence-electron chi connectivity index (χ3n) is 1.95. The Labute approximate surface area is 99.1 Å². The Hall–Kier alpha value is -0.630. The van der Waals surface area contributed by atoms with Crippen molar-refractivity contribution in [2.45, 2.75) is 0 Å². The Bertz CT molecular complexity index is 418. The SMILES string of the molecule is O=Cc1cccc2ccccc12.[NaH]. The molecule has 0 atom stereocenters. The van der Waals surface area contributed by atoms with E-state index in [1.165, 1.54) is 0 Å². The third-order valence-corrected chi connectivity index (χ3v) is 1.95. The van der Waals surface area contributed by atoms with E-state index in [4.69, 9.17) is 0 Å². The summed E-state index contributed by atoms with van der Waals surface area (Å²) in [6.07, 6.45) is 0.891. The molecule has 0 aromatic heterocycles. The van der Waals surface area contributed by atoms with Gasteiger partial charge in [-0.25, -0.2) is 0 Å². The van der Waals surface area contributed by atoms with Crippen LogP contribution in [0.15, 0.2) is 42.5 Å². The molecule has 0 N–H and O–H groups in total. The minimum absolute atomic E-state index is 0. The standard InChI is InChI=1S/C11H8O.Na.H/c12-8-10-6-3-5-9-4-1-2-7-11(9)10;;/h1-8H;;. The van der Waals surface area contributed by atoms with Crippen LogP contribution in [0.3, 0.4) is 0 Å². The summed E-state index contributed by atoms with van der Waals surface area (Å²) in [7, 11) is 0. The zero-order valence-electron chi connectivity index (χ0n) is 6.53. The van der Waals surface area contributed by atoms with Crippen molar-refractivity contribution in [1.29, 1.82) is 0 Å². The molecule has 0 amide bonds. The molecule has 2 heteroatoms. The number of rotatable bonds is 1. The van der Waals surface area contributed by atoms with E-state index in [9.17, 15) is 4.79 Å². The predicted octanol–water partition coefficient (Wildman–Crippen LogP) is 2.00. The summed E-state index contributed by atoms with van der Waals surface area (Å²) in [5, 5.41) is 2.14. The van der Waals surface area contributed by atoms with Crippen LogP contribution in [-0.4, -0.2) is 35.8 Å². The van der Waals surface area contributed by atoms with Crippen molar-refractivity contribution in [3.63, 3.8) is 0 Å². The number of hydrogen-bond donors (Lipinski definition) is 0. The van der Waals surface area contributed by atoms with E-state index in [1.807, 2.05) is 42.5 Å². The number of carbonyl (C=O) groups is 1. The topological polar surface area (TPSA) is 17.1 Å². The molecule has 0 saturated heterocycles. The van der Waals surface area contributed by atoms with Crippen molar-refractivity contribution in [3.05, 3.63) is 48.0 Å². The summed E-state index contributed by atoms with van der Waals surface area (Å²) in [4.78, 5) is 10.6. The van der Waals surface area contributed by atoms with E-state index in [1.54, 1.807) is 0 Å². The van der Waals surface area contributed by atoms with Gasteiger partial charge in [-0.05, 0) is 10.8 Å². The molecule has 0 saturated carbocycles. The molecule has 2 rings (SSSR count). The number of hydrogen-bond acceptors (Lipinski definition) is 1. The fourth-order valence-electron chi connectivity index (χ4n) is 1.35. The van der Waals surface area contributed by atoms with Gasteiger partial charge in [0.25, 0.3) is 0 Å². The molecule has 0 aliphatic carbocycles. The predicted molar refractivity (Wildman–Crippen MR) is 56.5 cm³/mol. The van der Waals surface area contributed by atoms with E-state index >= 15 is 0 Å². The van der Waals surface area contributed by atoms with Crippen molar-refractivity contribution in [1.82, 2.24) is 0 Å². The summed E-state index contributed by atoms with van der Waals surface area (Å²) in [5.41, 5.74) is 0.758. The van der Waals surface area contributed by atoms with Gasteiger partial charge < -0.3 is 0 Å². The average molecular weight is 180 g/mol. The van der Waals surface area contributed by atoms with E-state index in [0.29, 0.717) is 0 Å². The molecular weight excluding hydrogens is 171 g/mol. The molecule has 0 heterocycles. The molecule has 60 valence electrons. The Kier molecular flexibility index (Phi) is 3.67. The zero-order valence-corrected chi connectivity index (χ0v) is 6.53. The van der Waals surface area contributed by atoms with Crippen LogP contribution in [0.2, 0.25) is 0 Å². The van der Waals surface area contributed by atoms with Gasteiger partial charge in [0, 0.05) is 5.56 Å². The van der Waals surface area contributed by atoms with Crippen LogP contribution in [0.25, 0.3) is 10.8 Å². The Morgan fingerprint density at radius 1 is 0.923 bits per heavy atom. The van der Waals surface area contributed by atoms with Crippen molar-refractivity contribution in [3.8, 4) is 0 Å². The molecule has 13 heavy (non-hydrogen) atoms. The second kappa shape index (κ2) is 4.56. The van der Waals surface area contributed by atoms with Gasteiger partial charge in [0.15, 0.2) is 6.29 Å². The molecule has 0 radical (unpaired) electrons. The van der Waals surface area contributed by atoms with Gasteiger partial charge in [0.2, 0.25) is 0 Å². The van der Waals surface area contributed by atoms with Gasteiger partial charge in [-0.2, -0.15) is 0 Å². The van der Waals surface area contributed by atoms with Crippen LogP contribution in [0.5, 0.6) is 0 Å². The first-order chi connectivity index (χ1) is 5.92. The maximum atomic E-state index is 10.6. The molecule has 0 bridgehead atoms. The maximum absolute atomic E-state index is 10.6. The molecule has 0 fully saturated rings. The zero-order chi connectivity index (χ0) is 8.39. The number of aldehydes is 1. The number of benzene rings is 2. The number of fused-ring (bicyclic) bond motifs is 1. The second-order valence-electron chi connectivity index (χ2n) is 2.69. The van der Waals surface area contributed by atoms with Crippen LogP contribution < -0.4 is 0 Å². The second-order valence-corrected chi connectivity index (χ2v) is 2.69. The van der Waals surface area contributed by atoms with E-state index < -0.39 is 0 Å². The van der Waals surface area contributed by atoms with Crippen molar-refractivity contribution in [2.24, 2.45) is 0 Å². The van der Waals surface area contributed by atoms with Crippen molar-refractivity contribution >= 4 is 46.6 Å². The third kappa shape index (κ3) is 1.99. The quantitative estimate of drug-likeness (QED) is 0.484. The van der Waals surface area contributed by atoms with Gasteiger partial charge in [-0.15, -0.1) is 0 Å². The first-order valence-electron chi connectivity index (χ1n) is 3.85. The minimum atomic E-state index is 0. The Morgan fingerprint density at radius 2 is 1.62 bits per heavy atom. The van der Waals surface area contributed by atoms with Gasteiger partial charge in [-0.3, -0.25) is 4.79 Å². The van der Waals surface area contributed by atoms with Gasteiger partial charge >= 0.3 is 29.6 Å². The summed E-state index contributed by atoms with van der Waals surface area (Å²) >= 11 is 0. The fraction of sp³-hybridized carbons (Fsp3) is 0. The van der Waals surface area contributed by atoms with Crippen LogP contribution in [0, 0.1) is 0 Å². The monoisotopic (exact) mass is 180 g/mol. The first kappa shape index (κ1) is 10.5. The van der Waals surface area contributed by atoms with Gasteiger partial charge in [0.05, 0.1) is 0 Å². The fourth-order valence-corrected chi connectivity index (χ4v) is 1.35. The summed E-state index contributed by atoms with van der Waals surface area (Å²) in [6, 6.07) is 13.6. The molecule has 0 aliphatic rings. The molecule has 1 nitrogen and oxygen atoms in total. The van der Waals surface area contributed by atoms with Crippen LogP contribution in [0.1, 0.15) is 10.4 Å². The van der Waals surface area contributed by atoms with Crippen LogP contribution in [0.4, 0.5) is 0 Å². The van der Waals surface area contributed by atoms with Crippen molar-refractivity contribution in [2.75, 3.05) is 0 Å². The van der Waals surface area contributed by atoms with Gasteiger partial charge in [-0.1, -0.05) is 42.5 Å². The molecule has 2 aromatic rings. The Balaban J connectivity index is 0.000000845. The number of carbonyl (C=O) groups excluding carboxylic acids is 1. The van der Waals surface area contributed by atoms with E-state index in [-0.39, 0.29) is 29.6 Å². The molecule has 0 aliphatic heterocycles. The van der Waals surface area contributed by atoms with Crippen LogP contribution in [-0.2, 0) is 0 Å². The summed E-state index contributed by atoms with van der Waals surface area (Å²) in [6.45, 7) is 0. The molecule has 0 unspecified atom stereocenters. The van der Waals surface area contributed by atoms with E-state index in [2.05, 4.69) is 0 Å². The first-order valence-corrected chi connectivity index (χ1v) is 3.85. The average Bonchev–Trinajstić information content (AvgIpc) is 2.17. The molecule has 0 spiro atoms. The summed E-state index contributed by atoms with van der Waals surface area (Å²) in [5.74, 6) is 0. The molecule has 2 aromatic carbocycles. The Morgan fingerprint density at radius 3 is 2.38 bits per heavy atom. The summed E-state index contributed by atoms with van der Waals surface area (Å²) < 4.78 is 0. The molecular formula is C11H9NaO.